The van der Waals surface area contributed by atoms with Crippen molar-refractivity contribution in [1.82, 2.24) is 9.62 Å². The van der Waals surface area contributed by atoms with Gasteiger partial charge in [-0.1, -0.05) is 41.4 Å². The first-order valence-corrected chi connectivity index (χ1v) is 13.0. The zero-order valence-electron chi connectivity index (χ0n) is 18.2. The Kier molecular flexibility index (Phi) is 8.44. The molecule has 1 aliphatic rings. The van der Waals surface area contributed by atoms with E-state index < -0.39 is 10.0 Å². The van der Waals surface area contributed by atoms with Gasteiger partial charge in [0.2, 0.25) is 15.9 Å². The summed E-state index contributed by atoms with van der Waals surface area (Å²) in [4.78, 5) is 12.7. The lowest BCUT2D eigenvalue weighted by Crippen LogP contribution is -2.45. The zero-order chi connectivity index (χ0) is 23.3. The highest BCUT2D eigenvalue weighted by Gasteiger charge is 2.32. The molecule has 9 heteroatoms. The Hall–Kier alpha value is -1.80. The van der Waals surface area contributed by atoms with Crippen molar-refractivity contribution >= 4 is 39.1 Å². The van der Waals surface area contributed by atoms with Crippen LogP contribution in [0.2, 0.25) is 10.0 Å². The predicted octanol–water partition coefficient (Wildman–Crippen LogP) is 4.64. The molecule has 0 aromatic heterocycles. The molecule has 1 heterocycles. The first-order valence-electron chi connectivity index (χ1n) is 10.6. The van der Waals surface area contributed by atoms with Crippen LogP contribution in [0.4, 0.5) is 0 Å². The number of piperidine rings is 1. The Labute approximate surface area is 199 Å². The van der Waals surface area contributed by atoms with Crippen LogP contribution in [0.5, 0.6) is 5.75 Å². The van der Waals surface area contributed by atoms with E-state index in [4.69, 9.17) is 27.9 Å². The van der Waals surface area contributed by atoms with Gasteiger partial charge in [-0.3, -0.25) is 4.79 Å². The van der Waals surface area contributed by atoms with E-state index in [9.17, 15) is 13.2 Å². The van der Waals surface area contributed by atoms with Crippen LogP contribution < -0.4 is 10.1 Å². The third-order valence-corrected chi connectivity index (χ3v) is 7.64. The van der Waals surface area contributed by atoms with E-state index in [1.165, 1.54) is 10.4 Å². The molecule has 2 aromatic carbocycles. The van der Waals surface area contributed by atoms with Gasteiger partial charge in [0.1, 0.15) is 5.75 Å². The van der Waals surface area contributed by atoms with Crippen molar-refractivity contribution in [1.29, 1.82) is 0 Å². The number of hydrogen-bond donors (Lipinski definition) is 1. The molecule has 0 aliphatic carbocycles. The fourth-order valence-electron chi connectivity index (χ4n) is 3.63. The van der Waals surface area contributed by atoms with Gasteiger partial charge in [0.05, 0.1) is 17.8 Å². The number of ether oxygens (including phenoxy) is 1. The zero-order valence-corrected chi connectivity index (χ0v) is 20.5. The topological polar surface area (TPSA) is 75.7 Å². The predicted molar refractivity (Wildman–Crippen MR) is 127 cm³/mol. The molecule has 6 nitrogen and oxygen atoms in total. The largest absolute Gasteiger partial charge is 0.491 e. The molecule has 2 aromatic rings. The van der Waals surface area contributed by atoms with Gasteiger partial charge in [-0.05, 0) is 62.1 Å². The Morgan fingerprint density at radius 1 is 1.19 bits per heavy atom. The van der Waals surface area contributed by atoms with Crippen molar-refractivity contribution in [2.75, 3.05) is 13.1 Å². The minimum absolute atomic E-state index is 0.0989. The summed E-state index contributed by atoms with van der Waals surface area (Å²) in [5.74, 6) is 0.0333. The van der Waals surface area contributed by atoms with E-state index in [-0.39, 0.29) is 30.2 Å². The lowest BCUT2D eigenvalue weighted by molar-refractivity contribution is -0.126. The Morgan fingerprint density at radius 3 is 2.56 bits per heavy atom. The molecule has 1 N–H and O–H groups in total. The second-order valence-corrected chi connectivity index (χ2v) is 11.0. The molecule has 1 fully saturated rings. The SMILES string of the molecule is CC(C)Oc1ccc(CNC(=O)[C@@H]2CCCN(S(=O)(=O)Cc3ccc(Cl)cc3Cl)C2)cc1. The van der Waals surface area contributed by atoms with Crippen molar-refractivity contribution in [2.24, 2.45) is 5.92 Å². The van der Waals surface area contributed by atoms with E-state index in [1.807, 2.05) is 38.1 Å². The molecule has 0 saturated carbocycles. The van der Waals surface area contributed by atoms with Crippen molar-refractivity contribution in [3.63, 3.8) is 0 Å². The van der Waals surface area contributed by atoms with E-state index in [0.29, 0.717) is 41.5 Å². The van der Waals surface area contributed by atoms with Crippen LogP contribution in [0.15, 0.2) is 42.5 Å². The summed E-state index contributed by atoms with van der Waals surface area (Å²) in [5, 5.41) is 3.70. The summed E-state index contributed by atoms with van der Waals surface area (Å²) < 4.78 is 32.9. The van der Waals surface area contributed by atoms with Crippen LogP contribution in [0.1, 0.15) is 37.8 Å². The van der Waals surface area contributed by atoms with Gasteiger partial charge >= 0.3 is 0 Å². The molecular weight excluding hydrogens is 471 g/mol. The van der Waals surface area contributed by atoms with Gasteiger partial charge in [-0.2, -0.15) is 0 Å². The minimum Gasteiger partial charge on any atom is -0.491 e. The van der Waals surface area contributed by atoms with Crippen LogP contribution in [-0.2, 0) is 27.1 Å². The van der Waals surface area contributed by atoms with Gasteiger partial charge in [-0.15, -0.1) is 0 Å². The molecule has 1 atom stereocenters. The third-order valence-electron chi connectivity index (χ3n) is 5.26. The fraction of sp³-hybridized carbons (Fsp3) is 0.435. The van der Waals surface area contributed by atoms with Gasteiger partial charge in [-0.25, -0.2) is 12.7 Å². The van der Waals surface area contributed by atoms with Crippen LogP contribution in [0.3, 0.4) is 0 Å². The lowest BCUT2D eigenvalue weighted by Gasteiger charge is -2.31. The number of nitrogens with zero attached hydrogens (tertiary/aromatic N) is 1. The van der Waals surface area contributed by atoms with E-state index in [2.05, 4.69) is 5.32 Å². The Balaban J connectivity index is 1.56. The monoisotopic (exact) mass is 498 g/mol. The fourth-order valence-corrected chi connectivity index (χ4v) is 5.82. The normalized spacial score (nSPS) is 17.3. The molecular formula is C23H28Cl2N2O4S. The lowest BCUT2D eigenvalue weighted by atomic mass is 9.99. The van der Waals surface area contributed by atoms with Crippen molar-refractivity contribution < 1.29 is 17.9 Å². The molecule has 0 unspecified atom stereocenters. The van der Waals surface area contributed by atoms with Gasteiger partial charge in [0, 0.05) is 29.7 Å². The summed E-state index contributed by atoms with van der Waals surface area (Å²) in [5.41, 5.74) is 1.44. The average molecular weight is 499 g/mol. The Bertz CT molecular complexity index is 1040. The standard InChI is InChI=1S/C23H28Cl2N2O4S/c1-16(2)31-21-9-5-17(6-10-21)13-26-23(28)18-4-3-11-27(14-18)32(29,30)15-19-7-8-20(24)12-22(19)25/h5-10,12,16,18H,3-4,11,13-15H2,1-2H3,(H,26,28)/t18-/m1/s1. The van der Waals surface area contributed by atoms with Crippen LogP contribution >= 0.6 is 23.2 Å². The number of rotatable bonds is 8. The number of carbonyl (C=O) groups excluding carboxylic acids is 1. The van der Waals surface area contributed by atoms with Crippen molar-refractivity contribution in [2.45, 2.75) is 45.1 Å². The number of halogens is 2. The highest BCUT2D eigenvalue weighted by molar-refractivity contribution is 7.88. The maximum absolute atomic E-state index is 12.9. The third kappa shape index (κ3) is 6.85. The molecule has 0 radical (unpaired) electrons. The maximum Gasteiger partial charge on any atom is 0.224 e. The van der Waals surface area contributed by atoms with Crippen LogP contribution in [0.25, 0.3) is 0 Å². The van der Waals surface area contributed by atoms with Crippen LogP contribution in [0, 0.1) is 5.92 Å². The average Bonchev–Trinajstić information content (AvgIpc) is 2.75. The van der Waals surface area contributed by atoms with E-state index >= 15 is 0 Å². The summed E-state index contributed by atoms with van der Waals surface area (Å²) in [6.07, 6.45) is 1.38. The van der Waals surface area contributed by atoms with E-state index in [1.54, 1.807) is 12.1 Å². The molecule has 174 valence electrons. The first-order chi connectivity index (χ1) is 15.1. The summed E-state index contributed by atoms with van der Waals surface area (Å²) in [6.45, 7) is 4.87. The second kappa shape index (κ2) is 10.9. The van der Waals surface area contributed by atoms with Gasteiger partial charge in [0.25, 0.3) is 0 Å². The number of benzene rings is 2. The number of hydrogen-bond acceptors (Lipinski definition) is 4. The molecule has 3 rings (SSSR count). The molecule has 32 heavy (non-hydrogen) atoms. The first kappa shape index (κ1) is 24.8. The number of carbonyl (C=O) groups is 1. The second-order valence-electron chi connectivity index (χ2n) is 8.22. The summed E-state index contributed by atoms with van der Waals surface area (Å²) in [7, 11) is -3.61. The quantitative estimate of drug-likeness (QED) is 0.575. The highest BCUT2D eigenvalue weighted by atomic mass is 35.5. The van der Waals surface area contributed by atoms with Crippen LogP contribution in [-0.4, -0.2) is 37.8 Å². The molecule has 0 spiro atoms. The number of sulfonamides is 1. The molecule has 0 bridgehead atoms. The molecule has 1 saturated heterocycles. The van der Waals surface area contributed by atoms with Crippen molar-refractivity contribution in [3.05, 3.63) is 63.6 Å². The van der Waals surface area contributed by atoms with Crippen molar-refractivity contribution in [3.8, 4) is 5.75 Å². The highest BCUT2D eigenvalue weighted by Crippen LogP contribution is 2.26. The number of amides is 1. The van der Waals surface area contributed by atoms with E-state index in [0.717, 1.165) is 11.3 Å². The summed E-state index contributed by atoms with van der Waals surface area (Å²) >= 11 is 12.0. The maximum atomic E-state index is 12.9. The van der Waals surface area contributed by atoms with Gasteiger partial charge < -0.3 is 10.1 Å². The summed E-state index contributed by atoms with van der Waals surface area (Å²) in [6, 6.07) is 12.3. The number of nitrogens with one attached hydrogen (secondary N) is 1. The van der Waals surface area contributed by atoms with Gasteiger partial charge in [0.15, 0.2) is 0 Å². The molecule has 1 aliphatic heterocycles. The molecule has 1 amide bonds. The smallest absolute Gasteiger partial charge is 0.224 e. The Morgan fingerprint density at radius 2 is 1.91 bits per heavy atom. The minimum atomic E-state index is -3.61.